The van der Waals surface area contributed by atoms with E-state index in [-0.39, 0.29) is 6.10 Å². The second-order valence-electron chi connectivity index (χ2n) is 6.31. The summed E-state index contributed by atoms with van der Waals surface area (Å²) in [5, 5.41) is 4.16. The van der Waals surface area contributed by atoms with Crippen molar-refractivity contribution in [2.75, 3.05) is 20.3 Å². The Kier molecular flexibility index (Phi) is 8.75. The molecule has 2 aromatic rings. The Balaban J connectivity index is 1.92. The fourth-order valence-corrected chi connectivity index (χ4v) is 2.63. The molecule has 2 rings (SSSR count). The molecule has 0 aliphatic heterocycles. The van der Waals surface area contributed by atoms with E-state index in [1.54, 1.807) is 7.11 Å². The van der Waals surface area contributed by atoms with Crippen LogP contribution in [-0.2, 0) is 17.9 Å². The molecule has 142 valence electrons. The fourth-order valence-electron chi connectivity index (χ4n) is 2.50. The van der Waals surface area contributed by atoms with E-state index in [9.17, 15) is 0 Å². The van der Waals surface area contributed by atoms with Crippen molar-refractivity contribution >= 4 is 11.6 Å². The van der Waals surface area contributed by atoms with Crippen LogP contribution in [0.15, 0.2) is 42.5 Å². The minimum Gasteiger partial charge on any atom is -0.493 e. The predicted octanol–water partition coefficient (Wildman–Crippen LogP) is 4.83. The van der Waals surface area contributed by atoms with Crippen LogP contribution < -0.4 is 14.8 Å². The van der Waals surface area contributed by atoms with E-state index >= 15 is 0 Å². The Hall–Kier alpha value is -1.75. The van der Waals surface area contributed by atoms with Crippen LogP contribution in [0.4, 0.5) is 0 Å². The van der Waals surface area contributed by atoms with Crippen LogP contribution in [0.25, 0.3) is 0 Å². The van der Waals surface area contributed by atoms with Crippen molar-refractivity contribution in [3.05, 3.63) is 58.6 Å². The molecule has 4 nitrogen and oxygen atoms in total. The number of nitrogens with one attached hydrogen (secondary N) is 1. The van der Waals surface area contributed by atoms with E-state index in [1.165, 1.54) is 0 Å². The first kappa shape index (κ1) is 20.6. The molecule has 0 spiro atoms. The van der Waals surface area contributed by atoms with Gasteiger partial charge in [-0.3, -0.25) is 0 Å². The summed E-state index contributed by atoms with van der Waals surface area (Å²) in [7, 11) is 1.66. The average molecular weight is 378 g/mol. The van der Waals surface area contributed by atoms with Gasteiger partial charge in [-0.1, -0.05) is 35.9 Å². The van der Waals surface area contributed by atoms with E-state index in [2.05, 4.69) is 11.4 Å². The average Bonchev–Trinajstić information content (AvgIpc) is 2.64. The van der Waals surface area contributed by atoms with E-state index in [1.807, 2.05) is 50.2 Å². The number of methoxy groups -OCH3 is 1. The predicted molar refractivity (Wildman–Crippen MR) is 106 cm³/mol. The van der Waals surface area contributed by atoms with Crippen LogP contribution >= 0.6 is 11.6 Å². The van der Waals surface area contributed by atoms with Crippen molar-refractivity contribution in [3.8, 4) is 11.5 Å². The van der Waals surface area contributed by atoms with Crippen molar-refractivity contribution in [3.63, 3.8) is 0 Å². The highest BCUT2D eigenvalue weighted by Gasteiger charge is 2.11. The lowest BCUT2D eigenvalue weighted by Gasteiger charge is -2.16. The Morgan fingerprint density at radius 1 is 1.08 bits per heavy atom. The lowest BCUT2D eigenvalue weighted by atomic mass is 10.1. The monoisotopic (exact) mass is 377 g/mol. The lowest BCUT2D eigenvalue weighted by Crippen LogP contribution is -2.18. The first-order valence-corrected chi connectivity index (χ1v) is 9.33. The van der Waals surface area contributed by atoms with Crippen molar-refractivity contribution in [2.45, 2.75) is 39.5 Å². The topological polar surface area (TPSA) is 39.7 Å². The first-order chi connectivity index (χ1) is 12.6. The lowest BCUT2D eigenvalue weighted by molar-refractivity contribution is 0.0770. The summed E-state index contributed by atoms with van der Waals surface area (Å²) < 4.78 is 17.1. The SMILES string of the molecule is COc1cccc(CNCCCOC(C)C)c1OCc1ccc(Cl)cc1. The summed E-state index contributed by atoms with van der Waals surface area (Å²) in [6.45, 7) is 6.94. The van der Waals surface area contributed by atoms with Crippen molar-refractivity contribution in [1.82, 2.24) is 5.32 Å². The van der Waals surface area contributed by atoms with Gasteiger partial charge in [0.05, 0.1) is 13.2 Å². The third-order valence-electron chi connectivity index (χ3n) is 3.84. The molecule has 2 aromatic carbocycles. The second kappa shape index (κ2) is 11.1. The zero-order chi connectivity index (χ0) is 18.8. The molecule has 0 saturated heterocycles. The number of halogens is 1. The van der Waals surface area contributed by atoms with E-state index in [4.69, 9.17) is 25.8 Å². The van der Waals surface area contributed by atoms with Crippen LogP contribution in [0.2, 0.25) is 5.02 Å². The smallest absolute Gasteiger partial charge is 0.166 e. The van der Waals surface area contributed by atoms with Gasteiger partial charge in [-0.2, -0.15) is 0 Å². The molecule has 0 saturated carbocycles. The van der Waals surface area contributed by atoms with Crippen LogP contribution in [0.1, 0.15) is 31.4 Å². The van der Waals surface area contributed by atoms with Gasteiger partial charge in [-0.25, -0.2) is 0 Å². The van der Waals surface area contributed by atoms with E-state index in [0.29, 0.717) is 6.61 Å². The van der Waals surface area contributed by atoms with Crippen LogP contribution in [0.5, 0.6) is 11.5 Å². The fraction of sp³-hybridized carbons (Fsp3) is 0.429. The molecular weight excluding hydrogens is 350 g/mol. The van der Waals surface area contributed by atoms with Gasteiger partial charge in [-0.15, -0.1) is 0 Å². The number of para-hydroxylation sites is 1. The van der Waals surface area contributed by atoms with Crippen molar-refractivity contribution in [2.24, 2.45) is 0 Å². The summed E-state index contributed by atoms with van der Waals surface area (Å²) in [4.78, 5) is 0. The molecule has 1 N–H and O–H groups in total. The van der Waals surface area contributed by atoms with Gasteiger partial charge in [0.25, 0.3) is 0 Å². The van der Waals surface area contributed by atoms with Crippen molar-refractivity contribution in [1.29, 1.82) is 0 Å². The minimum absolute atomic E-state index is 0.279. The summed E-state index contributed by atoms with van der Waals surface area (Å²) in [5.41, 5.74) is 2.13. The molecule has 0 unspecified atom stereocenters. The molecule has 0 amide bonds. The maximum absolute atomic E-state index is 6.06. The van der Waals surface area contributed by atoms with E-state index in [0.717, 1.165) is 53.8 Å². The van der Waals surface area contributed by atoms with Crippen LogP contribution in [0, 0.1) is 0 Å². The molecule has 0 aliphatic carbocycles. The molecule has 0 radical (unpaired) electrons. The molecule has 0 aliphatic rings. The van der Waals surface area contributed by atoms with Gasteiger partial charge in [0, 0.05) is 23.7 Å². The normalized spacial score (nSPS) is 11.0. The molecule has 0 atom stereocenters. The van der Waals surface area contributed by atoms with Crippen LogP contribution in [0.3, 0.4) is 0 Å². The van der Waals surface area contributed by atoms with Gasteiger partial charge >= 0.3 is 0 Å². The molecule has 5 heteroatoms. The summed E-state index contributed by atoms with van der Waals surface area (Å²) in [5.74, 6) is 1.51. The zero-order valence-corrected chi connectivity index (χ0v) is 16.5. The highest BCUT2D eigenvalue weighted by Crippen LogP contribution is 2.31. The first-order valence-electron chi connectivity index (χ1n) is 8.95. The zero-order valence-electron chi connectivity index (χ0n) is 15.8. The number of hydrogen-bond donors (Lipinski definition) is 1. The number of ether oxygens (including phenoxy) is 3. The Morgan fingerprint density at radius 3 is 2.54 bits per heavy atom. The molecule has 0 aromatic heterocycles. The number of rotatable bonds is 11. The molecule has 26 heavy (non-hydrogen) atoms. The third kappa shape index (κ3) is 6.87. The van der Waals surface area contributed by atoms with Crippen LogP contribution in [-0.4, -0.2) is 26.4 Å². The minimum atomic E-state index is 0.279. The summed E-state index contributed by atoms with van der Waals surface area (Å²) >= 11 is 5.93. The molecule has 0 heterocycles. The highest BCUT2D eigenvalue weighted by molar-refractivity contribution is 6.30. The van der Waals surface area contributed by atoms with Crippen molar-refractivity contribution < 1.29 is 14.2 Å². The van der Waals surface area contributed by atoms with Gasteiger partial charge in [-0.05, 0) is 50.6 Å². The standard InChI is InChI=1S/C21H28ClNO3/c1-16(2)25-13-5-12-23-14-18-6-4-7-20(24-3)21(18)26-15-17-8-10-19(22)11-9-17/h4,6-11,16,23H,5,12-15H2,1-3H3. The highest BCUT2D eigenvalue weighted by atomic mass is 35.5. The third-order valence-corrected chi connectivity index (χ3v) is 4.09. The number of hydrogen-bond acceptors (Lipinski definition) is 4. The Morgan fingerprint density at radius 2 is 1.85 bits per heavy atom. The van der Waals surface area contributed by atoms with Gasteiger partial charge in [0.15, 0.2) is 11.5 Å². The maximum atomic E-state index is 6.06. The van der Waals surface area contributed by atoms with Gasteiger partial charge in [0.1, 0.15) is 6.61 Å². The van der Waals surface area contributed by atoms with Gasteiger partial charge in [0.2, 0.25) is 0 Å². The maximum Gasteiger partial charge on any atom is 0.166 e. The number of benzene rings is 2. The molecule has 0 fully saturated rings. The largest absolute Gasteiger partial charge is 0.493 e. The van der Waals surface area contributed by atoms with E-state index < -0.39 is 0 Å². The summed E-state index contributed by atoms with van der Waals surface area (Å²) in [6, 6.07) is 13.6. The summed E-state index contributed by atoms with van der Waals surface area (Å²) in [6.07, 6.45) is 1.25. The Bertz CT molecular complexity index is 659. The molecular formula is C21H28ClNO3. The second-order valence-corrected chi connectivity index (χ2v) is 6.75. The van der Waals surface area contributed by atoms with Gasteiger partial charge < -0.3 is 19.5 Å². The Labute approximate surface area is 161 Å². The quantitative estimate of drug-likeness (QED) is 0.569. The molecule has 0 bridgehead atoms.